The molecule has 0 aliphatic carbocycles. The third-order valence-corrected chi connectivity index (χ3v) is 8.60. The Balaban J connectivity index is 1.33. The van der Waals surface area contributed by atoms with Crippen LogP contribution in [-0.2, 0) is 29.1 Å². The zero-order valence-electron chi connectivity index (χ0n) is 26.0. The second kappa shape index (κ2) is 12.2. The van der Waals surface area contributed by atoms with Gasteiger partial charge in [-0.2, -0.15) is 0 Å². The summed E-state index contributed by atoms with van der Waals surface area (Å²) in [4.78, 5) is 49.7. The molecular formula is C34H41N5O4. The number of aryl methyl sites for hydroxylation is 3. The number of pyridine rings is 2. The van der Waals surface area contributed by atoms with E-state index >= 15 is 0 Å². The van der Waals surface area contributed by atoms with E-state index in [0.29, 0.717) is 30.6 Å². The predicted molar refractivity (Wildman–Crippen MR) is 169 cm³/mol. The van der Waals surface area contributed by atoms with Crippen LogP contribution in [0.3, 0.4) is 0 Å². The number of hydrogen-bond acceptors (Lipinski definition) is 6. The molecule has 1 aliphatic heterocycles. The molecule has 4 heterocycles. The molecule has 0 saturated carbocycles. The Labute approximate surface area is 252 Å². The fraction of sp³-hybridized carbons (Fsp3) is 0.412. The van der Waals surface area contributed by atoms with Gasteiger partial charge < -0.3 is 18.8 Å². The minimum atomic E-state index is -1.13. The lowest BCUT2D eigenvalue weighted by Gasteiger charge is -2.27. The summed E-state index contributed by atoms with van der Waals surface area (Å²) >= 11 is 0. The molecule has 2 amide bonds. The van der Waals surface area contributed by atoms with Crippen molar-refractivity contribution in [1.29, 1.82) is 0 Å². The number of furan rings is 1. The van der Waals surface area contributed by atoms with Crippen LogP contribution in [0.25, 0.3) is 11.0 Å². The summed E-state index contributed by atoms with van der Waals surface area (Å²) in [6.07, 6.45) is 6.93. The number of hydrogen-bond donors (Lipinski definition) is 0. The Morgan fingerprint density at radius 1 is 1.00 bits per heavy atom. The van der Waals surface area contributed by atoms with Crippen LogP contribution >= 0.6 is 0 Å². The average Bonchev–Trinajstić information content (AvgIpc) is 3.49. The van der Waals surface area contributed by atoms with E-state index < -0.39 is 5.41 Å². The summed E-state index contributed by atoms with van der Waals surface area (Å²) in [6.45, 7) is 12.6. The summed E-state index contributed by atoms with van der Waals surface area (Å²) in [5.74, 6) is -0.384. The van der Waals surface area contributed by atoms with Crippen molar-refractivity contribution in [3.63, 3.8) is 0 Å². The largest absolute Gasteiger partial charge is 0.464 e. The van der Waals surface area contributed by atoms with E-state index in [1.165, 1.54) is 0 Å². The summed E-state index contributed by atoms with van der Waals surface area (Å²) < 4.78 is 7.28. The molecule has 0 N–H and O–H groups in total. The van der Waals surface area contributed by atoms with Gasteiger partial charge in [0.1, 0.15) is 11.0 Å². The molecule has 1 aromatic carbocycles. The number of fused-ring (bicyclic) bond motifs is 2. The third-order valence-electron chi connectivity index (χ3n) is 8.60. The van der Waals surface area contributed by atoms with Gasteiger partial charge in [0, 0.05) is 56.9 Å². The minimum absolute atomic E-state index is 0.0433. The zero-order chi connectivity index (χ0) is 30.9. The highest BCUT2D eigenvalue weighted by Gasteiger charge is 2.45. The van der Waals surface area contributed by atoms with Gasteiger partial charge in [-0.15, -0.1) is 0 Å². The van der Waals surface area contributed by atoms with Gasteiger partial charge in [0.25, 0.3) is 5.56 Å². The smallest absolute Gasteiger partial charge is 0.261 e. The monoisotopic (exact) mass is 583 g/mol. The van der Waals surface area contributed by atoms with Crippen molar-refractivity contribution in [2.24, 2.45) is 5.41 Å². The predicted octanol–water partition coefficient (Wildman–Crippen LogP) is 5.10. The first kappa shape index (κ1) is 30.2. The van der Waals surface area contributed by atoms with Gasteiger partial charge >= 0.3 is 0 Å². The molecule has 0 unspecified atom stereocenters. The Morgan fingerprint density at radius 2 is 1.79 bits per heavy atom. The number of benzene rings is 1. The van der Waals surface area contributed by atoms with Crippen LogP contribution < -0.4 is 15.4 Å². The first-order valence-electron chi connectivity index (χ1n) is 15.0. The molecule has 0 spiro atoms. The number of anilines is 2. The first-order chi connectivity index (χ1) is 20.5. The number of amides is 2. The second-order valence-electron chi connectivity index (χ2n) is 12.0. The lowest BCUT2D eigenvalue weighted by Crippen LogP contribution is -2.47. The molecule has 9 nitrogen and oxygen atoms in total. The SMILES string of the molecule is CCN1C(=O)C(C)(C)C(=O)N(C)c2cc(CCCN(CCn3cc(C)c4occc4c3=O)Cc3cccnc3C)ccc21. The fourth-order valence-corrected chi connectivity index (χ4v) is 6.01. The lowest BCUT2D eigenvalue weighted by atomic mass is 9.90. The van der Waals surface area contributed by atoms with Gasteiger partial charge in [-0.25, -0.2) is 0 Å². The normalized spacial score (nSPS) is 15.0. The number of nitrogens with zero attached hydrogens (tertiary/aromatic N) is 5. The van der Waals surface area contributed by atoms with Gasteiger partial charge in [0.2, 0.25) is 11.8 Å². The van der Waals surface area contributed by atoms with Crippen LogP contribution in [0, 0.1) is 19.3 Å². The van der Waals surface area contributed by atoms with Crippen molar-refractivity contribution >= 4 is 34.2 Å². The molecule has 1 aliphatic rings. The maximum absolute atomic E-state index is 13.2. The maximum atomic E-state index is 13.2. The molecule has 4 aromatic rings. The quantitative estimate of drug-likeness (QED) is 0.241. The van der Waals surface area contributed by atoms with E-state index in [-0.39, 0.29) is 17.4 Å². The summed E-state index contributed by atoms with van der Waals surface area (Å²) in [6, 6.07) is 11.9. The second-order valence-corrected chi connectivity index (χ2v) is 12.0. The van der Waals surface area contributed by atoms with E-state index in [1.54, 1.807) is 53.8 Å². The van der Waals surface area contributed by atoms with Gasteiger partial charge in [-0.05, 0) is 89.4 Å². The molecule has 5 rings (SSSR count). The Kier molecular flexibility index (Phi) is 8.55. The molecule has 0 atom stereocenters. The van der Waals surface area contributed by atoms with Gasteiger partial charge in [-0.3, -0.25) is 24.3 Å². The molecule has 0 fully saturated rings. The highest BCUT2D eigenvalue weighted by atomic mass is 16.3. The van der Waals surface area contributed by atoms with Gasteiger partial charge in [-0.1, -0.05) is 12.1 Å². The number of carbonyl (C=O) groups excluding carboxylic acids is 2. The Hall–Kier alpha value is -4.24. The molecule has 9 heteroatoms. The molecule has 43 heavy (non-hydrogen) atoms. The molecule has 0 radical (unpaired) electrons. The minimum Gasteiger partial charge on any atom is -0.464 e. The van der Waals surface area contributed by atoms with Crippen molar-refractivity contribution < 1.29 is 14.0 Å². The highest BCUT2D eigenvalue weighted by molar-refractivity contribution is 6.19. The van der Waals surface area contributed by atoms with Crippen molar-refractivity contribution in [2.45, 2.75) is 60.5 Å². The molecule has 226 valence electrons. The fourth-order valence-electron chi connectivity index (χ4n) is 6.01. The number of carbonyl (C=O) groups is 2. The van der Waals surface area contributed by atoms with Crippen LogP contribution in [0.2, 0.25) is 0 Å². The number of aromatic nitrogens is 2. The van der Waals surface area contributed by atoms with Crippen molar-refractivity contribution in [1.82, 2.24) is 14.5 Å². The Morgan fingerprint density at radius 3 is 2.53 bits per heavy atom. The topological polar surface area (TPSA) is 91.9 Å². The third kappa shape index (κ3) is 5.86. The van der Waals surface area contributed by atoms with Crippen LogP contribution in [0.5, 0.6) is 0 Å². The van der Waals surface area contributed by atoms with Crippen molar-refractivity contribution in [3.8, 4) is 0 Å². The zero-order valence-corrected chi connectivity index (χ0v) is 26.0. The Bertz CT molecular complexity index is 1720. The summed E-state index contributed by atoms with van der Waals surface area (Å²) in [5.41, 5.74) is 5.20. The average molecular weight is 584 g/mol. The van der Waals surface area contributed by atoms with E-state index in [2.05, 4.69) is 22.0 Å². The van der Waals surface area contributed by atoms with E-state index in [4.69, 9.17) is 4.42 Å². The standard InChI is InChI=1S/C34H41N5O4/c1-7-39-28-13-12-25(20-29(28)36(6)32(41)34(4,5)33(39)42)10-9-16-37(22-26-11-8-15-35-24(26)3)17-18-38-21-23(2)30-27(31(38)40)14-19-43-30/h8,11-15,19-21H,7,9-10,16-18,22H2,1-6H3. The van der Waals surface area contributed by atoms with Gasteiger partial charge in [0.15, 0.2) is 0 Å². The lowest BCUT2D eigenvalue weighted by molar-refractivity contribution is -0.137. The summed E-state index contributed by atoms with van der Waals surface area (Å²) in [5, 5.41) is 0.605. The van der Waals surface area contributed by atoms with E-state index in [0.717, 1.165) is 59.7 Å². The number of rotatable bonds is 10. The van der Waals surface area contributed by atoms with E-state index in [9.17, 15) is 14.4 Å². The maximum Gasteiger partial charge on any atom is 0.261 e. The molecule has 0 bridgehead atoms. The van der Waals surface area contributed by atoms with Crippen molar-refractivity contribution in [3.05, 3.63) is 87.8 Å². The van der Waals surface area contributed by atoms with Crippen molar-refractivity contribution in [2.75, 3.05) is 36.5 Å². The van der Waals surface area contributed by atoms with Crippen LogP contribution in [-0.4, -0.2) is 52.9 Å². The molecular weight excluding hydrogens is 542 g/mol. The van der Waals surface area contributed by atoms with E-state index in [1.807, 2.05) is 45.2 Å². The van der Waals surface area contributed by atoms with Crippen LogP contribution in [0.4, 0.5) is 11.4 Å². The van der Waals surface area contributed by atoms with Crippen LogP contribution in [0.15, 0.2) is 64.3 Å². The van der Waals surface area contributed by atoms with Gasteiger partial charge in [0.05, 0.1) is 23.0 Å². The van der Waals surface area contributed by atoms with Crippen LogP contribution in [0.1, 0.15) is 49.6 Å². The molecule has 0 saturated heterocycles. The summed E-state index contributed by atoms with van der Waals surface area (Å²) in [7, 11) is 1.75. The first-order valence-corrected chi connectivity index (χ1v) is 15.0. The highest BCUT2D eigenvalue weighted by Crippen LogP contribution is 2.39. The molecule has 3 aromatic heterocycles.